The second-order valence-electron chi connectivity index (χ2n) is 1.92. The number of fused-ring (bicyclic) bond motifs is 1. The third-order valence-electron chi connectivity index (χ3n) is 1.23. The van der Waals surface area contributed by atoms with Crippen molar-refractivity contribution in [2.24, 2.45) is 0 Å². The van der Waals surface area contributed by atoms with Gasteiger partial charge < -0.3 is 4.42 Å². The van der Waals surface area contributed by atoms with Crippen LogP contribution in [0.5, 0.6) is 0 Å². The Labute approximate surface area is 75.5 Å². The van der Waals surface area contributed by atoms with Gasteiger partial charge in [-0.05, 0) is 33.6 Å². The van der Waals surface area contributed by atoms with Gasteiger partial charge in [0.25, 0.3) is 5.35 Å². The zero-order valence-corrected chi connectivity index (χ0v) is 7.56. The number of halogens is 2. The number of rotatable bonds is 0. The molecule has 0 aromatic carbocycles. The Morgan fingerprint density at radius 1 is 1.55 bits per heavy atom. The van der Waals surface area contributed by atoms with Crippen LogP contribution in [0.15, 0.2) is 21.3 Å². The Hall–Kier alpha value is -0.610. The maximum Gasteiger partial charge on any atom is 0.293 e. The number of hydrogen-bond acceptors (Lipinski definition) is 3. The van der Waals surface area contributed by atoms with Crippen LogP contribution in [0.4, 0.5) is 0 Å². The molecule has 0 aliphatic carbocycles. The van der Waals surface area contributed by atoms with E-state index < -0.39 is 0 Å². The summed E-state index contributed by atoms with van der Waals surface area (Å²) in [6.07, 6.45) is 1.63. The molecule has 56 valence electrons. The molecule has 0 aliphatic heterocycles. The van der Waals surface area contributed by atoms with Crippen molar-refractivity contribution in [2.45, 2.75) is 0 Å². The highest BCUT2D eigenvalue weighted by Crippen LogP contribution is 2.23. The lowest BCUT2D eigenvalue weighted by Gasteiger charge is -1.86. The number of nitrogens with zero attached hydrogens (tertiary/aromatic N) is 2. The average Bonchev–Trinajstić information content (AvgIpc) is 2.31. The lowest BCUT2D eigenvalue weighted by molar-refractivity contribution is 0.601. The summed E-state index contributed by atoms with van der Waals surface area (Å²) in [4.78, 5) is 7.85. The summed E-state index contributed by atoms with van der Waals surface area (Å²) >= 11 is 8.74. The van der Waals surface area contributed by atoms with Crippen LogP contribution in [0.25, 0.3) is 11.1 Å². The molecule has 0 amide bonds. The van der Waals surface area contributed by atoms with E-state index in [1.807, 2.05) is 0 Å². The van der Waals surface area contributed by atoms with Crippen molar-refractivity contribution in [3.8, 4) is 0 Å². The molecule has 0 radical (unpaired) electrons. The molecular formula is C6H2BrClN2O. The van der Waals surface area contributed by atoms with Crippen LogP contribution in [0.3, 0.4) is 0 Å². The second kappa shape index (κ2) is 2.46. The van der Waals surface area contributed by atoms with Gasteiger partial charge in [0, 0.05) is 6.20 Å². The maximum atomic E-state index is 5.53. The smallest absolute Gasteiger partial charge is 0.293 e. The van der Waals surface area contributed by atoms with Crippen molar-refractivity contribution in [1.29, 1.82) is 0 Å². The van der Waals surface area contributed by atoms with Crippen LogP contribution < -0.4 is 0 Å². The first-order chi connectivity index (χ1) is 5.27. The lowest BCUT2D eigenvalue weighted by atomic mass is 10.4. The van der Waals surface area contributed by atoms with Crippen molar-refractivity contribution < 1.29 is 4.42 Å². The Balaban J connectivity index is 2.90. The summed E-state index contributed by atoms with van der Waals surface area (Å²) in [5.74, 6) is 0. The largest absolute Gasteiger partial charge is 0.425 e. The van der Waals surface area contributed by atoms with E-state index in [-0.39, 0.29) is 5.35 Å². The fraction of sp³-hybridized carbons (Fsp3) is 0. The lowest BCUT2D eigenvalue weighted by Crippen LogP contribution is -1.73. The van der Waals surface area contributed by atoms with Crippen molar-refractivity contribution in [3.63, 3.8) is 0 Å². The monoisotopic (exact) mass is 232 g/mol. The summed E-state index contributed by atoms with van der Waals surface area (Å²) in [5.41, 5.74) is 1.29. The topological polar surface area (TPSA) is 38.9 Å². The predicted molar refractivity (Wildman–Crippen MR) is 44.5 cm³/mol. The van der Waals surface area contributed by atoms with E-state index in [4.69, 9.17) is 16.0 Å². The Kier molecular flexibility index (Phi) is 1.58. The van der Waals surface area contributed by atoms with Crippen LogP contribution >= 0.6 is 27.5 Å². The number of pyridine rings is 1. The van der Waals surface area contributed by atoms with Crippen molar-refractivity contribution in [2.75, 3.05) is 0 Å². The van der Waals surface area contributed by atoms with Gasteiger partial charge >= 0.3 is 0 Å². The molecular weight excluding hydrogens is 231 g/mol. The van der Waals surface area contributed by atoms with Gasteiger partial charge in [-0.25, -0.2) is 4.98 Å². The number of aromatic nitrogens is 2. The van der Waals surface area contributed by atoms with Crippen LogP contribution in [0.1, 0.15) is 0 Å². The van der Waals surface area contributed by atoms with E-state index in [0.29, 0.717) is 15.7 Å². The van der Waals surface area contributed by atoms with Gasteiger partial charge in [0.15, 0.2) is 10.2 Å². The predicted octanol–water partition coefficient (Wildman–Crippen LogP) is 2.64. The first-order valence-electron chi connectivity index (χ1n) is 2.84. The zero-order valence-electron chi connectivity index (χ0n) is 5.21. The van der Waals surface area contributed by atoms with Crippen molar-refractivity contribution >= 4 is 38.6 Å². The zero-order chi connectivity index (χ0) is 7.84. The third kappa shape index (κ3) is 1.12. The third-order valence-corrected chi connectivity index (χ3v) is 1.96. The Morgan fingerprint density at radius 3 is 3.09 bits per heavy atom. The highest BCUT2D eigenvalue weighted by atomic mass is 79.9. The minimum absolute atomic E-state index is 0.133. The fourth-order valence-electron chi connectivity index (χ4n) is 0.797. The van der Waals surface area contributed by atoms with Crippen LogP contribution in [-0.4, -0.2) is 9.97 Å². The second-order valence-corrected chi connectivity index (χ2v) is 2.99. The van der Waals surface area contributed by atoms with Gasteiger partial charge in [-0.1, -0.05) is 0 Å². The summed E-state index contributed by atoms with van der Waals surface area (Å²) in [6.45, 7) is 0. The molecule has 3 nitrogen and oxygen atoms in total. The molecule has 0 fully saturated rings. The SMILES string of the molecule is Clc1nc2ccnc(Br)c2o1. The molecule has 5 heteroatoms. The van der Waals surface area contributed by atoms with E-state index in [1.165, 1.54) is 0 Å². The highest BCUT2D eigenvalue weighted by molar-refractivity contribution is 9.10. The normalized spacial score (nSPS) is 10.7. The maximum absolute atomic E-state index is 5.53. The van der Waals surface area contributed by atoms with E-state index in [2.05, 4.69) is 25.9 Å². The summed E-state index contributed by atoms with van der Waals surface area (Å²) in [6, 6.07) is 1.73. The molecule has 0 saturated carbocycles. The highest BCUT2D eigenvalue weighted by Gasteiger charge is 2.06. The summed E-state index contributed by atoms with van der Waals surface area (Å²) in [5, 5.41) is 0.133. The van der Waals surface area contributed by atoms with E-state index in [9.17, 15) is 0 Å². The number of hydrogen-bond donors (Lipinski definition) is 0. The molecule has 11 heavy (non-hydrogen) atoms. The van der Waals surface area contributed by atoms with Crippen molar-refractivity contribution in [3.05, 3.63) is 22.2 Å². The molecule has 0 saturated heterocycles. The minimum atomic E-state index is 0.133. The first kappa shape index (κ1) is 7.06. The molecule has 0 bridgehead atoms. The Bertz CT molecular complexity index is 400. The van der Waals surface area contributed by atoms with Gasteiger partial charge in [-0.2, -0.15) is 4.98 Å². The van der Waals surface area contributed by atoms with Gasteiger partial charge in [0.1, 0.15) is 5.52 Å². The van der Waals surface area contributed by atoms with Crippen LogP contribution in [-0.2, 0) is 0 Å². The van der Waals surface area contributed by atoms with Crippen LogP contribution in [0, 0.1) is 0 Å². The number of oxazole rings is 1. The van der Waals surface area contributed by atoms with Gasteiger partial charge in [-0.3, -0.25) is 0 Å². The van der Waals surface area contributed by atoms with Crippen LogP contribution in [0.2, 0.25) is 5.35 Å². The molecule has 2 rings (SSSR count). The van der Waals surface area contributed by atoms with Gasteiger partial charge in [-0.15, -0.1) is 0 Å². The fourth-order valence-corrected chi connectivity index (χ4v) is 1.37. The molecule has 0 aliphatic rings. The van der Waals surface area contributed by atoms with Crippen molar-refractivity contribution in [1.82, 2.24) is 9.97 Å². The molecule has 0 atom stereocenters. The standard InChI is InChI=1S/C6H2BrClN2O/c7-5-4-3(1-2-9-5)10-6(8)11-4/h1-2H. The van der Waals surface area contributed by atoms with E-state index in [0.717, 1.165) is 0 Å². The molecule has 2 aromatic heterocycles. The molecule has 0 N–H and O–H groups in total. The quantitative estimate of drug-likeness (QED) is 0.657. The first-order valence-corrected chi connectivity index (χ1v) is 4.01. The molecule has 2 heterocycles. The molecule has 0 unspecified atom stereocenters. The van der Waals surface area contributed by atoms with E-state index in [1.54, 1.807) is 12.3 Å². The Morgan fingerprint density at radius 2 is 2.36 bits per heavy atom. The average molecular weight is 233 g/mol. The summed E-state index contributed by atoms with van der Waals surface area (Å²) in [7, 11) is 0. The summed E-state index contributed by atoms with van der Waals surface area (Å²) < 4.78 is 5.66. The molecule has 2 aromatic rings. The van der Waals surface area contributed by atoms with Gasteiger partial charge in [0.05, 0.1) is 0 Å². The molecule has 0 spiro atoms. The van der Waals surface area contributed by atoms with E-state index >= 15 is 0 Å². The van der Waals surface area contributed by atoms with Gasteiger partial charge in [0.2, 0.25) is 0 Å². The minimum Gasteiger partial charge on any atom is -0.425 e.